The van der Waals surface area contributed by atoms with Gasteiger partial charge in [-0.25, -0.2) is 5.48 Å². The number of piperidine rings is 1. The lowest BCUT2D eigenvalue weighted by molar-refractivity contribution is -0.0883. The standard InChI is InChI=1S/C18H26N4O2/c1-21-8-3-2-6-18(21)7-4-16(18)22-9-5-13-10-14(17(23)20-24)11-19-15(13)12-22/h10-11,16,24H,2-9,12H2,1H3,(H,20,23)/t16-,18+/m1/s1. The molecule has 6 nitrogen and oxygen atoms in total. The van der Waals surface area contributed by atoms with Crippen molar-refractivity contribution in [3.05, 3.63) is 29.1 Å². The number of pyridine rings is 1. The van der Waals surface area contributed by atoms with Crippen LogP contribution in [0.15, 0.2) is 12.3 Å². The molecule has 130 valence electrons. The number of likely N-dealkylation sites (tertiary alicyclic amines) is 1. The van der Waals surface area contributed by atoms with Gasteiger partial charge in [-0.1, -0.05) is 6.42 Å². The summed E-state index contributed by atoms with van der Waals surface area (Å²) >= 11 is 0. The van der Waals surface area contributed by atoms with Crippen molar-refractivity contribution < 1.29 is 10.0 Å². The highest BCUT2D eigenvalue weighted by atomic mass is 16.5. The van der Waals surface area contributed by atoms with Crippen LogP contribution in [-0.2, 0) is 13.0 Å². The van der Waals surface area contributed by atoms with Crippen molar-refractivity contribution >= 4 is 5.91 Å². The van der Waals surface area contributed by atoms with E-state index >= 15 is 0 Å². The van der Waals surface area contributed by atoms with Crippen LogP contribution in [0.2, 0.25) is 0 Å². The van der Waals surface area contributed by atoms with Crippen LogP contribution < -0.4 is 5.48 Å². The lowest BCUT2D eigenvalue weighted by Crippen LogP contribution is -2.69. The van der Waals surface area contributed by atoms with Gasteiger partial charge >= 0.3 is 0 Å². The summed E-state index contributed by atoms with van der Waals surface area (Å²) in [5.74, 6) is -0.491. The average Bonchev–Trinajstić information content (AvgIpc) is 2.60. The van der Waals surface area contributed by atoms with Crippen molar-refractivity contribution in [3.63, 3.8) is 0 Å². The number of nitrogens with zero attached hydrogens (tertiary/aromatic N) is 3. The predicted octanol–water partition coefficient (Wildman–Crippen LogP) is 1.58. The van der Waals surface area contributed by atoms with E-state index < -0.39 is 5.91 Å². The molecule has 3 heterocycles. The third-order valence-electron chi connectivity index (χ3n) is 6.47. The summed E-state index contributed by atoms with van der Waals surface area (Å²) in [7, 11) is 2.29. The van der Waals surface area contributed by atoms with Crippen LogP contribution in [0.3, 0.4) is 0 Å². The maximum absolute atomic E-state index is 11.5. The van der Waals surface area contributed by atoms with E-state index in [2.05, 4.69) is 21.8 Å². The van der Waals surface area contributed by atoms with Crippen molar-refractivity contribution in [2.24, 2.45) is 0 Å². The van der Waals surface area contributed by atoms with E-state index in [1.54, 1.807) is 11.7 Å². The Hall–Kier alpha value is -1.50. The molecule has 1 aromatic rings. The minimum Gasteiger partial charge on any atom is -0.299 e. The van der Waals surface area contributed by atoms with Gasteiger partial charge in [0.2, 0.25) is 0 Å². The molecule has 1 aromatic heterocycles. The van der Waals surface area contributed by atoms with Crippen molar-refractivity contribution in [2.45, 2.75) is 56.7 Å². The van der Waals surface area contributed by atoms with Gasteiger partial charge in [0.1, 0.15) is 0 Å². The average molecular weight is 330 g/mol. The number of hydroxylamine groups is 1. The number of carbonyl (C=O) groups is 1. The molecule has 1 saturated carbocycles. The minimum atomic E-state index is -0.491. The molecule has 2 N–H and O–H groups in total. The zero-order chi connectivity index (χ0) is 16.7. The molecule has 1 spiro atoms. The van der Waals surface area contributed by atoms with Gasteiger partial charge < -0.3 is 0 Å². The molecule has 6 heteroatoms. The first kappa shape index (κ1) is 16.0. The number of amides is 1. The monoisotopic (exact) mass is 330 g/mol. The normalized spacial score (nSPS) is 30.7. The summed E-state index contributed by atoms with van der Waals surface area (Å²) in [4.78, 5) is 21.3. The molecule has 0 aromatic carbocycles. The molecule has 2 fully saturated rings. The number of carbonyl (C=O) groups excluding carboxylic acids is 1. The Kier molecular flexibility index (Phi) is 4.06. The van der Waals surface area contributed by atoms with Crippen LogP contribution >= 0.6 is 0 Å². The Balaban J connectivity index is 1.51. The Morgan fingerprint density at radius 1 is 1.38 bits per heavy atom. The summed E-state index contributed by atoms with van der Waals surface area (Å²) < 4.78 is 0. The van der Waals surface area contributed by atoms with Gasteiger partial charge in [0.25, 0.3) is 5.91 Å². The maximum Gasteiger partial charge on any atom is 0.276 e. The van der Waals surface area contributed by atoms with Crippen LogP contribution in [0.4, 0.5) is 0 Å². The van der Waals surface area contributed by atoms with Crippen LogP contribution in [0.25, 0.3) is 0 Å². The first-order valence-corrected chi connectivity index (χ1v) is 9.01. The largest absolute Gasteiger partial charge is 0.299 e. The molecular weight excluding hydrogens is 304 g/mol. The molecule has 2 aliphatic heterocycles. The summed E-state index contributed by atoms with van der Waals surface area (Å²) in [5, 5.41) is 8.77. The van der Waals surface area contributed by atoms with Crippen LogP contribution in [0.5, 0.6) is 0 Å². The fourth-order valence-corrected chi connectivity index (χ4v) is 4.95. The van der Waals surface area contributed by atoms with E-state index in [4.69, 9.17) is 5.21 Å². The number of likely N-dealkylation sites (N-methyl/N-ethyl adjacent to an activating group) is 1. The number of hydrogen-bond acceptors (Lipinski definition) is 5. The molecule has 1 saturated heterocycles. The van der Waals surface area contributed by atoms with Crippen LogP contribution in [-0.4, -0.2) is 57.6 Å². The Labute approximate surface area is 142 Å². The van der Waals surface area contributed by atoms with Crippen LogP contribution in [0, 0.1) is 0 Å². The second-order valence-electron chi connectivity index (χ2n) is 7.53. The first-order chi connectivity index (χ1) is 11.6. The Bertz CT molecular complexity index is 650. The molecule has 0 radical (unpaired) electrons. The van der Waals surface area contributed by atoms with Gasteiger partial charge in [-0.2, -0.15) is 0 Å². The highest BCUT2D eigenvalue weighted by molar-refractivity contribution is 5.93. The van der Waals surface area contributed by atoms with E-state index in [1.165, 1.54) is 38.6 Å². The van der Waals surface area contributed by atoms with E-state index in [-0.39, 0.29) is 0 Å². The molecule has 0 bridgehead atoms. The van der Waals surface area contributed by atoms with E-state index in [1.807, 2.05) is 6.07 Å². The summed E-state index contributed by atoms with van der Waals surface area (Å²) in [6.45, 7) is 3.12. The van der Waals surface area contributed by atoms with Gasteiger partial charge in [0.05, 0.1) is 11.3 Å². The molecule has 24 heavy (non-hydrogen) atoms. The van der Waals surface area contributed by atoms with E-state index in [0.29, 0.717) is 17.1 Å². The molecule has 2 atom stereocenters. The van der Waals surface area contributed by atoms with Gasteiger partial charge in [-0.15, -0.1) is 0 Å². The predicted molar refractivity (Wildman–Crippen MR) is 89.8 cm³/mol. The number of fused-ring (bicyclic) bond motifs is 1. The smallest absolute Gasteiger partial charge is 0.276 e. The molecule has 1 aliphatic carbocycles. The highest BCUT2D eigenvalue weighted by Gasteiger charge is 2.52. The van der Waals surface area contributed by atoms with E-state index in [9.17, 15) is 4.79 Å². The SMILES string of the molecule is CN1CCCC[C@@]12CC[C@H]2N1CCc2cc(C(=O)NO)cnc2C1. The van der Waals surface area contributed by atoms with Crippen molar-refractivity contribution in [1.82, 2.24) is 20.3 Å². The summed E-state index contributed by atoms with van der Waals surface area (Å²) in [6.07, 6.45) is 9.09. The van der Waals surface area contributed by atoms with E-state index in [0.717, 1.165) is 30.8 Å². The third-order valence-corrected chi connectivity index (χ3v) is 6.47. The fraction of sp³-hybridized carbons (Fsp3) is 0.667. The zero-order valence-corrected chi connectivity index (χ0v) is 14.3. The second-order valence-corrected chi connectivity index (χ2v) is 7.53. The Morgan fingerprint density at radius 3 is 2.96 bits per heavy atom. The quantitative estimate of drug-likeness (QED) is 0.636. The van der Waals surface area contributed by atoms with Crippen molar-refractivity contribution in [1.29, 1.82) is 0 Å². The zero-order valence-electron chi connectivity index (χ0n) is 14.3. The van der Waals surface area contributed by atoms with Gasteiger partial charge in [0, 0.05) is 30.9 Å². The second kappa shape index (κ2) is 6.10. The topological polar surface area (TPSA) is 68.7 Å². The Morgan fingerprint density at radius 2 is 2.25 bits per heavy atom. The first-order valence-electron chi connectivity index (χ1n) is 9.01. The van der Waals surface area contributed by atoms with Gasteiger partial charge in [-0.3, -0.25) is 24.8 Å². The van der Waals surface area contributed by atoms with Crippen LogP contribution in [0.1, 0.15) is 53.7 Å². The number of hydrogen-bond donors (Lipinski definition) is 2. The highest BCUT2D eigenvalue weighted by Crippen LogP contribution is 2.47. The summed E-state index contributed by atoms with van der Waals surface area (Å²) in [5.41, 5.74) is 4.71. The lowest BCUT2D eigenvalue weighted by atomic mass is 9.65. The third kappa shape index (κ3) is 2.44. The number of aromatic nitrogens is 1. The molecule has 3 aliphatic rings. The molecule has 0 unspecified atom stereocenters. The number of rotatable bonds is 2. The van der Waals surface area contributed by atoms with Gasteiger partial charge in [-0.05, 0) is 57.3 Å². The fourth-order valence-electron chi connectivity index (χ4n) is 4.95. The number of nitrogens with one attached hydrogen (secondary N) is 1. The lowest BCUT2D eigenvalue weighted by Gasteiger charge is -2.61. The molecule has 1 amide bonds. The van der Waals surface area contributed by atoms with Crippen molar-refractivity contribution in [2.75, 3.05) is 20.1 Å². The molecular formula is C18H26N4O2. The van der Waals surface area contributed by atoms with Gasteiger partial charge in [0.15, 0.2) is 0 Å². The minimum absolute atomic E-state index is 0.381. The summed E-state index contributed by atoms with van der Waals surface area (Å²) in [6, 6.07) is 2.51. The maximum atomic E-state index is 11.5. The van der Waals surface area contributed by atoms with Crippen molar-refractivity contribution in [3.8, 4) is 0 Å². The molecule has 4 rings (SSSR count).